The first-order chi connectivity index (χ1) is 15.2. The maximum atomic E-state index is 12.6. The fraction of sp³-hybridized carbons (Fsp3) is 0.273. The number of carbonyl (C=O) groups excluding carboxylic acids is 1. The number of benzene rings is 2. The van der Waals surface area contributed by atoms with E-state index in [-0.39, 0.29) is 16.7 Å². The van der Waals surface area contributed by atoms with Crippen molar-refractivity contribution in [2.45, 2.75) is 32.1 Å². The molecular weight excluding hydrogens is 434 g/mol. The first-order valence-electron chi connectivity index (χ1n) is 9.93. The highest BCUT2D eigenvalue weighted by Gasteiger charge is 2.19. The minimum absolute atomic E-state index is 0.0167. The number of nitrogens with zero attached hydrogens (tertiary/aromatic N) is 1. The van der Waals surface area contributed by atoms with E-state index in [2.05, 4.69) is 15.2 Å². The van der Waals surface area contributed by atoms with E-state index in [1.807, 2.05) is 6.92 Å². The number of hydrogen-bond acceptors (Lipinski definition) is 7. The quantitative estimate of drug-likeness (QED) is 0.493. The molecule has 2 aromatic carbocycles. The maximum Gasteiger partial charge on any atom is 0.264 e. The van der Waals surface area contributed by atoms with Crippen molar-refractivity contribution in [3.63, 3.8) is 0 Å². The standard InChI is InChI=1S/C22H25N3O6S/c1-5-12-30-19-11-6-16(13-20(19)29-4)21(26)23-17-7-9-18(10-8-17)32(27,28)25-22-14(2)15(3)24-31-22/h6-11,13,25H,5,12H2,1-4H3,(H,23,26). The summed E-state index contributed by atoms with van der Waals surface area (Å²) in [6.07, 6.45) is 0.851. The summed E-state index contributed by atoms with van der Waals surface area (Å²) >= 11 is 0. The van der Waals surface area contributed by atoms with Crippen molar-refractivity contribution < 1.29 is 27.2 Å². The average Bonchev–Trinajstić information content (AvgIpc) is 3.09. The summed E-state index contributed by atoms with van der Waals surface area (Å²) in [5.74, 6) is 0.716. The summed E-state index contributed by atoms with van der Waals surface area (Å²) in [6, 6.07) is 10.7. The Balaban J connectivity index is 1.71. The van der Waals surface area contributed by atoms with Gasteiger partial charge in [0.1, 0.15) is 0 Å². The zero-order valence-electron chi connectivity index (χ0n) is 18.3. The number of anilines is 2. The van der Waals surface area contributed by atoms with Crippen LogP contribution in [0, 0.1) is 13.8 Å². The second-order valence-electron chi connectivity index (χ2n) is 7.02. The molecule has 10 heteroatoms. The van der Waals surface area contributed by atoms with Gasteiger partial charge in [-0.1, -0.05) is 12.1 Å². The van der Waals surface area contributed by atoms with E-state index in [1.54, 1.807) is 32.0 Å². The van der Waals surface area contributed by atoms with Gasteiger partial charge in [-0.25, -0.2) is 13.1 Å². The lowest BCUT2D eigenvalue weighted by atomic mass is 10.2. The average molecular weight is 460 g/mol. The summed E-state index contributed by atoms with van der Waals surface area (Å²) in [5.41, 5.74) is 2.02. The monoisotopic (exact) mass is 459 g/mol. The summed E-state index contributed by atoms with van der Waals surface area (Å²) in [6.45, 7) is 5.97. The second-order valence-corrected chi connectivity index (χ2v) is 8.70. The highest BCUT2D eigenvalue weighted by Crippen LogP contribution is 2.29. The van der Waals surface area contributed by atoms with Gasteiger partial charge in [-0.2, -0.15) is 0 Å². The van der Waals surface area contributed by atoms with E-state index in [1.165, 1.54) is 31.4 Å². The largest absolute Gasteiger partial charge is 0.493 e. The van der Waals surface area contributed by atoms with Crippen LogP contribution in [0.3, 0.4) is 0 Å². The molecule has 0 bridgehead atoms. The number of nitrogens with one attached hydrogen (secondary N) is 2. The smallest absolute Gasteiger partial charge is 0.264 e. The Morgan fingerprint density at radius 3 is 2.41 bits per heavy atom. The normalized spacial score (nSPS) is 11.1. The Hall–Kier alpha value is -3.53. The molecule has 3 aromatic rings. The predicted octanol–water partition coefficient (Wildman–Crippen LogP) is 4.14. The first-order valence-corrected chi connectivity index (χ1v) is 11.4. The first kappa shape index (κ1) is 23.1. The van der Waals surface area contributed by atoms with Crippen LogP contribution in [0.2, 0.25) is 0 Å². The number of aromatic nitrogens is 1. The lowest BCUT2D eigenvalue weighted by Gasteiger charge is -2.12. The van der Waals surface area contributed by atoms with Crippen LogP contribution in [0.25, 0.3) is 0 Å². The molecule has 0 radical (unpaired) electrons. The molecule has 3 rings (SSSR count). The molecule has 0 unspecified atom stereocenters. The van der Waals surface area contributed by atoms with Crippen molar-refractivity contribution >= 4 is 27.5 Å². The van der Waals surface area contributed by atoms with Gasteiger partial charge in [0.15, 0.2) is 11.5 Å². The van der Waals surface area contributed by atoms with Crippen LogP contribution in [0.15, 0.2) is 51.9 Å². The van der Waals surface area contributed by atoms with Gasteiger partial charge in [0.05, 0.1) is 24.3 Å². The third kappa shape index (κ3) is 5.20. The Labute approximate surface area is 186 Å². The summed E-state index contributed by atoms with van der Waals surface area (Å²) in [5, 5.41) is 6.47. The van der Waals surface area contributed by atoms with E-state index in [0.29, 0.717) is 40.6 Å². The summed E-state index contributed by atoms with van der Waals surface area (Å²) < 4.78 is 43.5. The fourth-order valence-electron chi connectivity index (χ4n) is 2.75. The zero-order chi connectivity index (χ0) is 23.3. The molecule has 170 valence electrons. The lowest BCUT2D eigenvalue weighted by Crippen LogP contribution is -2.14. The number of rotatable bonds is 9. The zero-order valence-corrected chi connectivity index (χ0v) is 19.1. The van der Waals surface area contributed by atoms with Crippen molar-refractivity contribution in [2.24, 2.45) is 0 Å². The van der Waals surface area contributed by atoms with E-state index in [4.69, 9.17) is 14.0 Å². The molecule has 0 fully saturated rings. The minimum Gasteiger partial charge on any atom is -0.493 e. The number of carbonyl (C=O) groups is 1. The summed E-state index contributed by atoms with van der Waals surface area (Å²) in [4.78, 5) is 12.6. The molecule has 0 aliphatic carbocycles. The Bertz CT molecular complexity index is 1200. The van der Waals surface area contributed by atoms with Crippen LogP contribution in [-0.2, 0) is 10.0 Å². The molecule has 9 nitrogen and oxygen atoms in total. The number of ether oxygens (including phenoxy) is 2. The van der Waals surface area contributed by atoms with Crippen LogP contribution in [0.1, 0.15) is 35.0 Å². The maximum absolute atomic E-state index is 12.6. The van der Waals surface area contributed by atoms with Gasteiger partial charge in [-0.3, -0.25) is 4.79 Å². The van der Waals surface area contributed by atoms with Crippen LogP contribution in [0.5, 0.6) is 11.5 Å². The molecule has 1 aromatic heterocycles. The minimum atomic E-state index is -3.87. The van der Waals surface area contributed by atoms with Gasteiger partial charge in [-0.15, -0.1) is 0 Å². The van der Waals surface area contributed by atoms with Crippen molar-refractivity contribution in [3.8, 4) is 11.5 Å². The van der Waals surface area contributed by atoms with Crippen LogP contribution in [0.4, 0.5) is 11.6 Å². The second kappa shape index (κ2) is 9.73. The molecule has 0 aliphatic rings. The van der Waals surface area contributed by atoms with Gasteiger partial charge >= 0.3 is 0 Å². The number of methoxy groups -OCH3 is 1. The highest BCUT2D eigenvalue weighted by atomic mass is 32.2. The van der Waals surface area contributed by atoms with Crippen LogP contribution in [-0.4, -0.2) is 33.2 Å². The van der Waals surface area contributed by atoms with Gasteiger partial charge in [-0.05, 0) is 62.7 Å². The van der Waals surface area contributed by atoms with Gasteiger partial charge in [0.25, 0.3) is 15.9 Å². The van der Waals surface area contributed by atoms with E-state index in [9.17, 15) is 13.2 Å². The molecule has 0 spiro atoms. The van der Waals surface area contributed by atoms with Crippen molar-refractivity contribution in [1.82, 2.24) is 5.16 Å². The molecular formula is C22H25N3O6S. The Kier molecular flexibility index (Phi) is 7.04. The fourth-order valence-corrected chi connectivity index (χ4v) is 3.80. The number of hydrogen-bond donors (Lipinski definition) is 2. The van der Waals surface area contributed by atoms with Gasteiger partial charge in [0, 0.05) is 16.8 Å². The molecule has 1 heterocycles. The van der Waals surface area contributed by atoms with E-state index >= 15 is 0 Å². The predicted molar refractivity (Wildman–Crippen MR) is 120 cm³/mol. The van der Waals surface area contributed by atoms with E-state index in [0.717, 1.165) is 6.42 Å². The lowest BCUT2D eigenvalue weighted by molar-refractivity contribution is 0.102. The molecule has 0 saturated carbocycles. The van der Waals surface area contributed by atoms with Crippen molar-refractivity contribution in [3.05, 3.63) is 59.3 Å². The summed E-state index contributed by atoms with van der Waals surface area (Å²) in [7, 11) is -2.36. The number of sulfonamides is 1. The van der Waals surface area contributed by atoms with Crippen molar-refractivity contribution in [1.29, 1.82) is 0 Å². The Morgan fingerprint density at radius 1 is 1.09 bits per heavy atom. The Morgan fingerprint density at radius 2 is 1.81 bits per heavy atom. The molecule has 0 saturated heterocycles. The van der Waals surface area contributed by atoms with E-state index < -0.39 is 10.0 Å². The third-order valence-electron chi connectivity index (χ3n) is 4.69. The van der Waals surface area contributed by atoms with Crippen molar-refractivity contribution in [2.75, 3.05) is 23.8 Å². The van der Waals surface area contributed by atoms with Crippen LogP contribution < -0.4 is 19.5 Å². The van der Waals surface area contributed by atoms with Gasteiger partial charge in [0.2, 0.25) is 5.88 Å². The topological polar surface area (TPSA) is 120 Å². The third-order valence-corrected chi connectivity index (χ3v) is 6.04. The molecule has 0 atom stereocenters. The molecule has 2 N–H and O–H groups in total. The molecule has 0 aliphatic heterocycles. The van der Waals surface area contributed by atoms with Gasteiger partial charge < -0.3 is 19.3 Å². The number of aryl methyl sites for hydroxylation is 1. The number of amides is 1. The molecule has 1 amide bonds. The SMILES string of the molecule is CCCOc1ccc(C(=O)Nc2ccc(S(=O)(=O)Nc3onc(C)c3C)cc2)cc1OC. The highest BCUT2D eigenvalue weighted by molar-refractivity contribution is 7.92. The van der Waals surface area contributed by atoms with Crippen LogP contribution >= 0.6 is 0 Å². The molecule has 32 heavy (non-hydrogen) atoms.